The standard InChI is InChI=1S/C64H113N11O13S/c1-26-28-29-41(13)53(77)52-57(81)67-44(27-2)59(83)69(18)34-49(76)70(19)48(33-64(16,17)88-35-89-25)56(80)68-50(39(9)10)62(86)71(20)45(30-36(3)4)55(79)65-42(14)54(78)66-43(15)58(82)72(21)46(31-37(5)6)60(84)73(22)47(32-38(7)8)61(85)74(23)51(40(11)12)63(87)75(52)24/h26,28,36-48,50-52H,27,29-35H2,1-25H3,(H,65,79)(H,66,78)(H,67,81)(H,68,80)/b28-26+/t41-,42+,43-,44+,45+,46+,47+,48+,50+,51+,52+/m1/s1. The fourth-order valence-corrected chi connectivity index (χ4v) is 11.2. The number of amides is 11. The van der Waals surface area contributed by atoms with E-state index in [0.29, 0.717) is 0 Å². The van der Waals surface area contributed by atoms with E-state index in [1.54, 1.807) is 74.5 Å². The lowest BCUT2D eigenvalue weighted by atomic mass is 9.92. The number of nitrogens with one attached hydrogen (secondary N) is 4. The zero-order valence-corrected chi connectivity index (χ0v) is 59.2. The second kappa shape index (κ2) is 36.7. The van der Waals surface area contributed by atoms with Gasteiger partial charge in [0.25, 0.3) is 5.91 Å². The first-order chi connectivity index (χ1) is 41.1. The molecule has 1 rings (SSSR count). The summed E-state index contributed by atoms with van der Waals surface area (Å²) in [6.07, 6.45) is 5.82. The summed E-state index contributed by atoms with van der Waals surface area (Å²) in [6, 6.07) is -13.0. The summed E-state index contributed by atoms with van der Waals surface area (Å²) in [7, 11) is 9.73. The van der Waals surface area contributed by atoms with Crippen molar-refractivity contribution in [2.24, 2.45) is 35.5 Å². The van der Waals surface area contributed by atoms with Gasteiger partial charge in [0.05, 0.1) is 18.1 Å². The molecule has 1 fully saturated rings. The summed E-state index contributed by atoms with van der Waals surface area (Å²) in [5.41, 5.74) is -1.03. The van der Waals surface area contributed by atoms with Gasteiger partial charge >= 0.3 is 0 Å². The van der Waals surface area contributed by atoms with Gasteiger partial charge in [-0.25, -0.2) is 0 Å². The molecule has 0 bridgehead atoms. The van der Waals surface area contributed by atoms with Crippen LogP contribution in [0.15, 0.2) is 12.2 Å². The number of likely N-dealkylation sites (N-methyl/N-ethyl adjacent to an activating group) is 7. The van der Waals surface area contributed by atoms with Gasteiger partial charge in [0, 0.05) is 61.7 Å². The van der Waals surface area contributed by atoms with Crippen molar-refractivity contribution in [1.29, 1.82) is 0 Å². The van der Waals surface area contributed by atoms with Crippen molar-refractivity contribution in [2.75, 3.05) is 68.1 Å². The van der Waals surface area contributed by atoms with E-state index in [2.05, 4.69) is 21.3 Å². The van der Waals surface area contributed by atoms with Crippen LogP contribution in [0.25, 0.3) is 0 Å². The van der Waals surface area contributed by atoms with Crippen LogP contribution in [0.5, 0.6) is 0 Å². The van der Waals surface area contributed by atoms with Gasteiger partial charge in [0.2, 0.25) is 59.1 Å². The van der Waals surface area contributed by atoms with E-state index in [-0.39, 0.29) is 62.2 Å². The summed E-state index contributed by atoms with van der Waals surface area (Å²) in [6.45, 7) is 28.7. The number of ketones is 1. The molecule has 0 saturated carbocycles. The molecule has 0 aromatic rings. The van der Waals surface area contributed by atoms with Crippen molar-refractivity contribution in [2.45, 2.75) is 222 Å². The van der Waals surface area contributed by atoms with Crippen molar-refractivity contribution in [1.82, 2.24) is 55.6 Å². The van der Waals surface area contributed by atoms with Gasteiger partial charge in [-0.1, -0.05) is 95.2 Å². The second-order valence-corrected chi connectivity index (χ2v) is 27.6. The number of rotatable bonds is 18. The van der Waals surface area contributed by atoms with Crippen LogP contribution in [0.2, 0.25) is 0 Å². The van der Waals surface area contributed by atoms with Crippen LogP contribution in [0.3, 0.4) is 0 Å². The third-order valence-corrected chi connectivity index (χ3v) is 16.8. The van der Waals surface area contributed by atoms with Gasteiger partial charge in [-0.05, 0) is 103 Å². The lowest BCUT2D eigenvalue weighted by Crippen LogP contribution is -2.63. The highest BCUT2D eigenvalue weighted by Gasteiger charge is 2.46. The summed E-state index contributed by atoms with van der Waals surface area (Å²) in [4.78, 5) is 184. The SMILES string of the molecule is C/C=C/C[C@@H](C)C(=O)[C@H]1C(=O)N[C@@H](CC)C(=O)N(C)CC(=O)N(C)[C@@H](CC(C)(C)OCSC)C(=O)N[C@@H](C(C)C)C(=O)N(C)[C@@H](CC(C)C)C(=O)N[C@@H](C)C(=O)N[C@H](C)C(=O)N(C)[C@@H](CC(C)C)C(=O)N(C)[C@@H](CC(C)C)C(=O)N(C)[C@@H](C(C)C)C(=O)N1C. The molecule has 11 amide bonds. The minimum Gasteiger partial charge on any atom is -0.365 e. The zero-order valence-electron chi connectivity index (χ0n) is 58.4. The molecule has 4 N–H and O–H groups in total. The number of hydrogen-bond acceptors (Lipinski definition) is 14. The highest BCUT2D eigenvalue weighted by molar-refractivity contribution is 7.98. The van der Waals surface area contributed by atoms with Crippen molar-refractivity contribution in [3.05, 3.63) is 12.2 Å². The van der Waals surface area contributed by atoms with Crippen molar-refractivity contribution in [3.8, 4) is 0 Å². The first-order valence-corrected chi connectivity index (χ1v) is 32.8. The summed E-state index contributed by atoms with van der Waals surface area (Å²) >= 11 is 1.40. The molecule has 1 saturated heterocycles. The highest BCUT2D eigenvalue weighted by atomic mass is 32.2. The minimum atomic E-state index is -1.82. The predicted octanol–water partition coefficient (Wildman–Crippen LogP) is 3.94. The Hall–Kier alpha value is -6.11. The van der Waals surface area contributed by atoms with Crippen LogP contribution < -0.4 is 21.3 Å². The highest BCUT2D eigenvalue weighted by Crippen LogP contribution is 2.26. The molecule has 25 heteroatoms. The van der Waals surface area contributed by atoms with Gasteiger partial charge in [-0.3, -0.25) is 57.5 Å². The second-order valence-electron chi connectivity index (χ2n) is 26.8. The Kier molecular flexibility index (Phi) is 33.3. The number of hydrogen-bond donors (Lipinski definition) is 4. The molecule has 508 valence electrons. The topological polar surface area (TPSA) is 285 Å². The van der Waals surface area contributed by atoms with Crippen LogP contribution in [0, 0.1) is 35.5 Å². The number of Topliss-reactive ketones (excluding diaryl/α,β-unsaturated/α-hetero) is 1. The average Bonchev–Trinajstić information content (AvgIpc) is 3.31. The molecule has 89 heavy (non-hydrogen) atoms. The first kappa shape index (κ1) is 80.9. The third-order valence-electron chi connectivity index (χ3n) is 16.4. The maximum atomic E-state index is 15.2. The largest absolute Gasteiger partial charge is 0.365 e. The fourth-order valence-electron chi connectivity index (χ4n) is 10.8. The molecule has 24 nitrogen and oxygen atoms in total. The Balaban J connectivity index is 4.41. The van der Waals surface area contributed by atoms with Gasteiger partial charge in [0.1, 0.15) is 54.4 Å². The van der Waals surface area contributed by atoms with Crippen LogP contribution in [0.1, 0.15) is 156 Å². The normalized spacial score (nSPS) is 26.0. The number of allylic oxidation sites excluding steroid dienone is 2. The minimum absolute atomic E-state index is 0.0270. The maximum absolute atomic E-state index is 15.2. The van der Waals surface area contributed by atoms with Crippen molar-refractivity contribution >= 4 is 82.5 Å². The third kappa shape index (κ3) is 23.3. The summed E-state index contributed by atoms with van der Waals surface area (Å²) < 4.78 is 6.11. The Morgan fingerprint density at radius 1 is 0.562 bits per heavy atom. The van der Waals surface area contributed by atoms with Gasteiger partial charge in [-0.2, -0.15) is 0 Å². The molecule has 1 aliphatic rings. The number of ether oxygens (including phenoxy) is 1. The molecule has 0 spiro atoms. The molecule has 0 aromatic carbocycles. The molecule has 0 aliphatic carbocycles. The Morgan fingerprint density at radius 2 is 1.03 bits per heavy atom. The molecule has 1 aliphatic heterocycles. The van der Waals surface area contributed by atoms with Gasteiger partial charge in [-0.15, -0.1) is 11.8 Å². The average molecular weight is 1280 g/mol. The molecule has 11 atom stereocenters. The molecule has 1 heterocycles. The number of carbonyl (C=O) groups excluding carboxylic acids is 12. The maximum Gasteiger partial charge on any atom is 0.251 e. The van der Waals surface area contributed by atoms with E-state index in [0.717, 1.165) is 14.7 Å². The smallest absolute Gasteiger partial charge is 0.251 e. The fraction of sp³-hybridized carbons (Fsp3) is 0.781. The number of nitrogens with zero attached hydrogens (tertiary/aromatic N) is 7. The Labute approximate surface area is 536 Å². The van der Waals surface area contributed by atoms with E-state index < -0.39 is 161 Å². The molecular formula is C64H113N11O13S. The first-order valence-electron chi connectivity index (χ1n) is 31.4. The van der Waals surface area contributed by atoms with Crippen LogP contribution in [-0.4, -0.2) is 239 Å². The van der Waals surface area contributed by atoms with Crippen LogP contribution in [-0.2, 0) is 62.3 Å². The van der Waals surface area contributed by atoms with Gasteiger partial charge < -0.3 is 60.3 Å². The Bertz CT molecular complexity index is 2490. The number of thioether (sulfide) groups is 1. The quantitative estimate of drug-likeness (QED) is 0.0860. The van der Waals surface area contributed by atoms with E-state index in [1.807, 2.05) is 47.8 Å². The monoisotopic (exact) mass is 1280 g/mol. The summed E-state index contributed by atoms with van der Waals surface area (Å²) in [5, 5.41) is 10.9. The van der Waals surface area contributed by atoms with Crippen molar-refractivity contribution in [3.63, 3.8) is 0 Å². The molecule has 0 aromatic heterocycles. The molecule has 0 radical (unpaired) electrons. The zero-order chi connectivity index (χ0) is 69.0. The predicted molar refractivity (Wildman–Crippen MR) is 346 cm³/mol. The van der Waals surface area contributed by atoms with E-state index >= 15 is 9.59 Å². The van der Waals surface area contributed by atoms with Crippen molar-refractivity contribution < 1.29 is 62.3 Å². The summed E-state index contributed by atoms with van der Waals surface area (Å²) in [5.74, 6) is -10.9. The van der Waals surface area contributed by atoms with Gasteiger partial charge in [0.15, 0.2) is 11.8 Å². The Morgan fingerprint density at radius 3 is 1.51 bits per heavy atom. The molecular weight excluding hydrogens is 1160 g/mol. The van der Waals surface area contributed by atoms with E-state index in [1.165, 1.54) is 94.5 Å². The van der Waals surface area contributed by atoms with Crippen LogP contribution in [0.4, 0.5) is 0 Å². The lowest BCUT2D eigenvalue weighted by Gasteiger charge is -2.40. The van der Waals surface area contributed by atoms with E-state index in [9.17, 15) is 47.9 Å². The molecule has 0 unspecified atom stereocenters. The van der Waals surface area contributed by atoms with E-state index in [4.69, 9.17) is 4.74 Å². The van der Waals surface area contributed by atoms with Crippen LogP contribution >= 0.6 is 11.8 Å². The lowest BCUT2D eigenvalue weighted by molar-refractivity contribution is -0.157. The number of carbonyl (C=O) groups is 12.